The molecule has 0 N–H and O–H groups in total. The standard InChI is InChI=1S/C20H18ClNO/c1-22-17-5-7-19-15(12-17)8-10-20(13-23-19)9-2-3-14-11-16(21)4-6-18(14)20/h4-7,11-12H,2-3,8-10,13H2/t20-/m0/s1. The highest BCUT2D eigenvalue weighted by Crippen LogP contribution is 2.44. The minimum absolute atomic E-state index is 0.0788. The van der Waals surface area contributed by atoms with E-state index >= 15 is 0 Å². The van der Waals surface area contributed by atoms with Crippen LogP contribution in [-0.4, -0.2) is 6.61 Å². The van der Waals surface area contributed by atoms with Crippen LogP contribution in [0.15, 0.2) is 36.4 Å². The first-order valence-corrected chi connectivity index (χ1v) is 8.50. The third-order valence-corrected chi connectivity index (χ3v) is 5.53. The number of hydrogen-bond acceptors (Lipinski definition) is 1. The van der Waals surface area contributed by atoms with Gasteiger partial charge in [-0.05, 0) is 73.1 Å². The minimum Gasteiger partial charge on any atom is -0.492 e. The second-order valence-electron chi connectivity index (χ2n) is 6.63. The van der Waals surface area contributed by atoms with Crippen LogP contribution in [0.5, 0.6) is 5.75 Å². The molecule has 0 saturated carbocycles. The van der Waals surface area contributed by atoms with E-state index in [1.54, 1.807) is 0 Å². The van der Waals surface area contributed by atoms with Gasteiger partial charge in [-0.2, -0.15) is 0 Å². The van der Waals surface area contributed by atoms with Crippen LogP contribution in [0.1, 0.15) is 36.0 Å². The van der Waals surface area contributed by atoms with Gasteiger partial charge < -0.3 is 4.74 Å². The zero-order valence-corrected chi connectivity index (χ0v) is 13.7. The molecular formula is C20H18ClNO. The van der Waals surface area contributed by atoms with Gasteiger partial charge in [0.05, 0.1) is 13.2 Å². The van der Waals surface area contributed by atoms with Crippen LogP contribution in [0.2, 0.25) is 5.02 Å². The van der Waals surface area contributed by atoms with Crippen molar-refractivity contribution >= 4 is 17.3 Å². The molecule has 0 aromatic heterocycles. The summed E-state index contributed by atoms with van der Waals surface area (Å²) in [5.74, 6) is 0.940. The Morgan fingerprint density at radius 1 is 1.04 bits per heavy atom. The monoisotopic (exact) mass is 323 g/mol. The van der Waals surface area contributed by atoms with E-state index in [0.29, 0.717) is 12.3 Å². The van der Waals surface area contributed by atoms with Crippen LogP contribution in [0.3, 0.4) is 0 Å². The second-order valence-corrected chi connectivity index (χ2v) is 7.06. The lowest BCUT2D eigenvalue weighted by atomic mass is 9.68. The molecule has 2 aromatic carbocycles. The second kappa shape index (κ2) is 5.58. The number of benzene rings is 2. The lowest BCUT2D eigenvalue weighted by Gasteiger charge is -2.38. The van der Waals surface area contributed by atoms with Crippen molar-refractivity contribution in [1.82, 2.24) is 0 Å². The zero-order chi connectivity index (χ0) is 15.9. The van der Waals surface area contributed by atoms with Gasteiger partial charge in [0.2, 0.25) is 0 Å². The van der Waals surface area contributed by atoms with Gasteiger partial charge >= 0.3 is 0 Å². The van der Waals surface area contributed by atoms with Crippen LogP contribution in [0.4, 0.5) is 5.69 Å². The molecule has 0 fully saturated rings. The van der Waals surface area contributed by atoms with E-state index in [1.807, 2.05) is 24.3 Å². The van der Waals surface area contributed by atoms with E-state index in [4.69, 9.17) is 22.9 Å². The number of fused-ring (bicyclic) bond motifs is 3. The summed E-state index contributed by atoms with van der Waals surface area (Å²) < 4.78 is 6.19. The zero-order valence-electron chi connectivity index (χ0n) is 12.9. The van der Waals surface area contributed by atoms with Crippen molar-refractivity contribution in [3.05, 3.63) is 69.5 Å². The van der Waals surface area contributed by atoms with E-state index in [9.17, 15) is 0 Å². The smallest absolute Gasteiger partial charge is 0.187 e. The number of hydrogen-bond donors (Lipinski definition) is 0. The predicted octanol–water partition coefficient (Wildman–Crippen LogP) is 5.49. The Morgan fingerprint density at radius 3 is 2.83 bits per heavy atom. The van der Waals surface area contributed by atoms with Crippen LogP contribution in [-0.2, 0) is 18.3 Å². The van der Waals surface area contributed by atoms with Crippen molar-refractivity contribution in [1.29, 1.82) is 0 Å². The van der Waals surface area contributed by atoms with Crippen molar-refractivity contribution in [2.24, 2.45) is 0 Å². The highest BCUT2D eigenvalue weighted by Gasteiger charge is 2.38. The van der Waals surface area contributed by atoms with Crippen LogP contribution in [0.25, 0.3) is 4.85 Å². The summed E-state index contributed by atoms with van der Waals surface area (Å²) in [6, 6.07) is 12.1. The molecular weight excluding hydrogens is 306 g/mol. The maximum atomic E-state index is 7.19. The summed E-state index contributed by atoms with van der Waals surface area (Å²) >= 11 is 6.18. The fourth-order valence-electron chi connectivity index (χ4n) is 4.08. The molecule has 3 heteroatoms. The Bertz CT molecular complexity index is 808. The van der Waals surface area contributed by atoms with Gasteiger partial charge in [0.1, 0.15) is 5.75 Å². The van der Waals surface area contributed by atoms with Gasteiger partial charge in [-0.25, -0.2) is 4.85 Å². The van der Waals surface area contributed by atoms with E-state index in [2.05, 4.69) is 17.0 Å². The van der Waals surface area contributed by atoms with E-state index in [-0.39, 0.29) is 5.41 Å². The molecule has 0 saturated heterocycles. The molecule has 1 spiro atoms. The van der Waals surface area contributed by atoms with E-state index in [0.717, 1.165) is 42.0 Å². The molecule has 116 valence electrons. The van der Waals surface area contributed by atoms with Gasteiger partial charge in [0.15, 0.2) is 5.69 Å². The first-order chi connectivity index (χ1) is 11.2. The maximum Gasteiger partial charge on any atom is 0.187 e. The molecule has 2 aromatic rings. The Morgan fingerprint density at radius 2 is 1.96 bits per heavy atom. The number of aryl methyl sites for hydroxylation is 2. The van der Waals surface area contributed by atoms with Gasteiger partial charge in [-0.15, -0.1) is 0 Å². The van der Waals surface area contributed by atoms with E-state index < -0.39 is 0 Å². The highest BCUT2D eigenvalue weighted by molar-refractivity contribution is 6.30. The fraction of sp³-hybridized carbons (Fsp3) is 0.350. The predicted molar refractivity (Wildman–Crippen MR) is 92.6 cm³/mol. The van der Waals surface area contributed by atoms with Crippen molar-refractivity contribution in [2.45, 2.75) is 37.5 Å². The molecule has 1 atom stereocenters. The molecule has 2 aliphatic rings. The number of halogens is 1. The van der Waals surface area contributed by atoms with Crippen molar-refractivity contribution in [2.75, 3.05) is 6.61 Å². The Hall–Kier alpha value is -1.98. The van der Waals surface area contributed by atoms with Crippen molar-refractivity contribution < 1.29 is 4.74 Å². The topological polar surface area (TPSA) is 13.6 Å². The average Bonchev–Trinajstić information content (AvgIpc) is 2.75. The van der Waals surface area contributed by atoms with Crippen LogP contribution in [0, 0.1) is 6.57 Å². The van der Waals surface area contributed by atoms with Gasteiger partial charge in [-0.1, -0.05) is 23.7 Å². The third kappa shape index (κ3) is 2.50. The summed E-state index contributed by atoms with van der Waals surface area (Å²) in [6.07, 6.45) is 5.47. The quantitative estimate of drug-likeness (QED) is 0.584. The average molecular weight is 324 g/mol. The molecule has 0 unspecified atom stereocenters. The van der Waals surface area contributed by atoms with Crippen LogP contribution < -0.4 is 4.74 Å². The molecule has 0 bridgehead atoms. The summed E-state index contributed by atoms with van der Waals surface area (Å²) in [5, 5.41) is 0.820. The Balaban J connectivity index is 1.72. The molecule has 1 aliphatic heterocycles. The molecule has 4 rings (SSSR count). The van der Waals surface area contributed by atoms with Crippen LogP contribution >= 0.6 is 11.6 Å². The summed E-state index contributed by atoms with van der Waals surface area (Å²) in [7, 11) is 0. The van der Waals surface area contributed by atoms with Crippen molar-refractivity contribution in [3.8, 4) is 5.75 Å². The molecule has 1 heterocycles. The van der Waals surface area contributed by atoms with E-state index in [1.165, 1.54) is 17.5 Å². The molecule has 2 nitrogen and oxygen atoms in total. The molecule has 0 radical (unpaired) electrons. The van der Waals surface area contributed by atoms with Gasteiger partial charge in [-0.3, -0.25) is 0 Å². The van der Waals surface area contributed by atoms with Crippen molar-refractivity contribution in [3.63, 3.8) is 0 Å². The first-order valence-electron chi connectivity index (χ1n) is 8.12. The number of ether oxygens (including phenoxy) is 1. The summed E-state index contributed by atoms with van der Waals surface area (Å²) in [4.78, 5) is 3.54. The number of rotatable bonds is 0. The summed E-state index contributed by atoms with van der Waals surface area (Å²) in [6.45, 7) is 7.91. The normalized spacial score (nSPS) is 22.4. The highest BCUT2D eigenvalue weighted by atomic mass is 35.5. The SMILES string of the molecule is [C-]#[N+]c1ccc2c(c1)CC[C@@]1(CCCc3cc(Cl)ccc31)CO2. The van der Waals surface area contributed by atoms with Gasteiger partial charge in [0.25, 0.3) is 0 Å². The largest absolute Gasteiger partial charge is 0.492 e. The van der Waals surface area contributed by atoms with Gasteiger partial charge in [0, 0.05) is 10.4 Å². The molecule has 1 aliphatic carbocycles. The minimum atomic E-state index is 0.0788. The fourth-order valence-corrected chi connectivity index (χ4v) is 4.28. The first kappa shape index (κ1) is 14.6. The number of nitrogens with zero attached hydrogens (tertiary/aromatic N) is 1. The third-order valence-electron chi connectivity index (χ3n) is 5.29. The summed E-state index contributed by atoms with van der Waals surface area (Å²) in [5.41, 5.74) is 4.72. The Kier molecular flexibility index (Phi) is 3.54. The molecule has 0 amide bonds. The lowest BCUT2D eigenvalue weighted by molar-refractivity contribution is 0.195. The Labute approximate surface area is 141 Å². The molecule has 23 heavy (non-hydrogen) atoms. The lowest BCUT2D eigenvalue weighted by Crippen LogP contribution is -2.36. The maximum absolute atomic E-state index is 7.19.